The van der Waals surface area contributed by atoms with Gasteiger partial charge in [0.25, 0.3) is 0 Å². The number of methoxy groups -OCH3 is 1. The van der Waals surface area contributed by atoms with Crippen LogP contribution in [0, 0.1) is 5.92 Å². The molecule has 0 aliphatic carbocycles. The second kappa shape index (κ2) is 8.35. The number of ether oxygens (including phenoxy) is 1. The zero-order valence-electron chi connectivity index (χ0n) is 15.9. The van der Waals surface area contributed by atoms with Gasteiger partial charge in [-0.3, -0.25) is 9.69 Å². The summed E-state index contributed by atoms with van der Waals surface area (Å²) >= 11 is 0. The van der Waals surface area contributed by atoms with Gasteiger partial charge in [-0.25, -0.2) is 0 Å². The van der Waals surface area contributed by atoms with Gasteiger partial charge >= 0.3 is 0 Å². The lowest BCUT2D eigenvalue weighted by Gasteiger charge is -2.31. The monoisotopic (exact) mass is 377 g/mol. The Labute approximate surface area is 164 Å². The van der Waals surface area contributed by atoms with Crippen LogP contribution in [-0.4, -0.2) is 41.0 Å². The third kappa shape index (κ3) is 3.97. The van der Waals surface area contributed by atoms with Gasteiger partial charge < -0.3 is 9.26 Å². The van der Waals surface area contributed by atoms with E-state index in [1.165, 1.54) is 0 Å². The van der Waals surface area contributed by atoms with Crippen molar-refractivity contribution in [3.63, 3.8) is 0 Å². The molecule has 6 nitrogen and oxygen atoms in total. The predicted molar refractivity (Wildman–Crippen MR) is 105 cm³/mol. The first-order valence-electron chi connectivity index (χ1n) is 9.52. The summed E-state index contributed by atoms with van der Waals surface area (Å²) in [6, 6.07) is 17.2. The number of rotatable bonds is 6. The molecule has 0 spiro atoms. The maximum Gasteiger partial charge on any atom is 0.241 e. The Kier molecular flexibility index (Phi) is 5.48. The number of hydrogen-bond acceptors (Lipinski definition) is 6. The molecule has 28 heavy (non-hydrogen) atoms. The number of piperidine rings is 1. The number of aromatic nitrogens is 2. The largest absolute Gasteiger partial charge is 0.496 e. The summed E-state index contributed by atoms with van der Waals surface area (Å²) in [7, 11) is 1.60. The molecule has 3 aromatic rings. The third-order valence-electron chi connectivity index (χ3n) is 5.11. The van der Waals surface area contributed by atoms with Crippen molar-refractivity contribution in [2.24, 2.45) is 5.92 Å². The Morgan fingerprint density at radius 1 is 1.18 bits per heavy atom. The van der Waals surface area contributed by atoms with Gasteiger partial charge in [0.1, 0.15) is 5.75 Å². The molecule has 0 radical (unpaired) electrons. The topological polar surface area (TPSA) is 68.5 Å². The second-order valence-electron chi connectivity index (χ2n) is 7.02. The molecule has 1 aliphatic rings. The molecule has 4 rings (SSSR count). The van der Waals surface area contributed by atoms with Gasteiger partial charge in [0.05, 0.1) is 19.2 Å². The fraction of sp³-hybridized carbons (Fsp3) is 0.318. The van der Waals surface area contributed by atoms with Crippen LogP contribution in [0.3, 0.4) is 0 Å². The number of benzene rings is 2. The predicted octanol–water partition coefficient (Wildman–Crippen LogP) is 3.84. The molecule has 1 fully saturated rings. The molecule has 2 heterocycles. The number of likely N-dealkylation sites (tertiary alicyclic amines) is 1. The summed E-state index contributed by atoms with van der Waals surface area (Å²) in [6.07, 6.45) is 1.84. The van der Waals surface area contributed by atoms with Gasteiger partial charge in [-0.05, 0) is 31.5 Å². The molecule has 0 amide bonds. The van der Waals surface area contributed by atoms with Crippen LogP contribution in [0.25, 0.3) is 11.4 Å². The summed E-state index contributed by atoms with van der Waals surface area (Å²) in [5.74, 6) is 1.88. The minimum Gasteiger partial charge on any atom is -0.496 e. The molecule has 144 valence electrons. The summed E-state index contributed by atoms with van der Waals surface area (Å²) < 4.78 is 10.8. The highest BCUT2D eigenvalue weighted by atomic mass is 16.5. The zero-order valence-corrected chi connectivity index (χ0v) is 15.9. The van der Waals surface area contributed by atoms with Crippen molar-refractivity contribution >= 4 is 5.78 Å². The van der Waals surface area contributed by atoms with Crippen molar-refractivity contribution in [2.45, 2.75) is 19.4 Å². The Morgan fingerprint density at radius 3 is 2.79 bits per heavy atom. The molecule has 1 aromatic heterocycles. The van der Waals surface area contributed by atoms with Gasteiger partial charge in [-0.15, -0.1) is 0 Å². The molecule has 0 saturated carbocycles. The Morgan fingerprint density at radius 2 is 1.96 bits per heavy atom. The van der Waals surface area contributed by atoms with Crippen LogP contribution in [0.5, 0.6) is 5.75 Å². The lowest BCUT2D eigenvalue weighted by atomic mass is 9.89. The second-order valence-corrected chi connectivity index (χ2v) is 7.02. The van der Waals surface area contributed by atoms with Gasteiger partial charge in [-0.2, -0.15) is 4.98 Å². The first-order valence-corrected chi connectivity index (χ1v) is 9.52. The molecular formula is C22H23N3O3. The van der Waals surface area contributed by atoms with E-state index in [9.17, 15) is 4.79 Å². The smallest absolute Gasteiger partial charge is 0.241 e. The number of para-hydroxylation sites is 1. The number of hydrogen-bond donors (Lipinski definition) is 0. The highest BCUT2D eigenvalue weighted by Gasteiger charge is 2.29. The molecule has 2 aromatic carbocycles. The Balaban J connectivity index is 1.43. The molecule has 1 saturated heterocycles. The van der Waals surface area contributed by atoms with E-state index < -0.39 is 0 Å². The third-order valence-corrected chi connectivity index (χ3v) is 5.11. The van der Waals surface area contributed by atoms with E-state index in [0.29, 0.717) is 36.1 Å². The van der Waals surface area contributed by atoms with Crippen LogP contribution in [0.1, 0.15) is 29.1 Å². The molecule has 0 bridgehead atoms. The van der Waals surface area contributed by atoms with Crippen LogP contribution < -0.4 is 4.74 Å². The molecule has 1 atom stereocenters. The van der Waals surface area contributed by atoms with Crippen molar-refractivity contribution < 1.29 is 14.1 Å². The molecule has 6 heteroatoms. The first kappa shape index (κ1) is 18.4. The van der Waals surface area contributed by atoms with E-state index in [-0.39, 0.29) is 11.7 Å². The van der Waals surface area contributed by atoms with Crippen molar-refractivity contribution in [3.8, 4) is 17.1 Å². The van der Waals surface area contributed by atoms with Crippen LogP contribution in [0.15, 0.2) is 59.1 Å². The molecular weight excluding hydrogens is 354 g/mol. The average Bonchev–Trinajstić information content (AvgIpc) is 3.22. The summed E-state index contributed by atoms with van der Waals surface area (Å²) in [4.78, 5) is 19.7. The maximum atomic E-state index is 13.0. The van der Waals surface area contributed by atoms with Crippen molar-refractivity contribution in [1.82, 2.24) is 15.0 Å². The number of carbonyl (C=O) groups excluding carboxylic acids is 1. The van der Waals surface area contributed by atoms with E-state index in [0.717, 1.165) is 24.9 Å². The lowest BCUT2D eigenvalue weighted by Crippen LogP contribution is -2.38. The number of ketones is 1. The van der Waals surface area contributed by atoms with Crippen molar-refractivity contribution in [3.05, 3.63) is 66.1 Å². The molecule has 1 aliphatic heterocycles. The van der Waals surface area contributed by atoms with Crippen molar-refractivity contribution in [2.75, 3.05) is 20.2 Å². The zero-order chi connectivity index (χ0) is 19.3. The Hall–Kier alpha value is -2.99. The minimum absolute atomic E-state index is 0.0541. The van der Waals surface area contributed by atoms with Gasteiger partial charge in [-0.1, -0.05) is 47.6 Å². The number of nitrogens with zero attached hydrogens (tertiary/aromatic N) is 3. The van der Waals surface area contributed by atoms with E-state index in [1.807, 2.05) is 54.6 Å². The van der Waals surface area contributed by atoms with Crippen LogP contribution in [-0.2, 0) is 6.54 Å². The summed E-state index contributed by atoms with van der Waals surface area (Å²) in [5.41, 5.74) is 1.58. The minimum atomic E-state index is -0.0541. The summed E-state index contributed by atoms with van der Waals surface area (Å²) in [6.45, 7) is 2.15. The number of Topliss-reactive ketones (excluding diaryl/α,β-unsaturated/α-hetero) is 1. The highest BCUT2D eigenvalue weighted by molar-refractivity contribution is 6.00. The SMILES string of the molecule is COc1ccccc1C(=O)[C@H]1CCCN(Cc2nc(-c3ccccc3)no2)C1. The van der Waals surface area contributed by atoms with Crippen molar-refractivity contribution in [1.29, 1.82) is 0 Å². The van der Waals surface area contributed by atoms with E-state index in [2.05, 4.69) is 15.0 Å². The van der Waals surface area contributed by atoms with Gasteiger partial charge in [0.15, 0.2) is 5.78 Å². The maximum absolute atomic E-state index is 13.0. The summed E-state index contributed by atoms with van der Waals surface area (Å²) in [5, 5.41) is 4.08. The molecule has 0 N–H and O–H groups in total. The fourth-order valence-corrected chi connectivity index (χ4v) is 3.70. The van der Waals surface area contributed by atoms with Gasteiger partial charge in [0, 0.05) is 18.0 Å². The Bertz CT molecular complexity index is 939. The van der Waals surface area contributed by atoms with Crippen LogP contribution in [0.2, 0.25) is 0 Å². The van der Waals surface area contributed by atoms with Gasteiger partial charge in [0.2, 0.25) is 11.7 Å². The quantitative estimate of drug-likeness (QED) is 0.608. The first-order chi connectivity index (χ1) is 13.7. The fourth-order valence-electron chi connectivity index (χ4n) is 3.70. The lowest BCUT2D eigenvalue weighted by molar-refractivity contribution is 0.0794. The standard InChI is InChI=1S/C22H23N3O3/c1-27-19-12-6-5-11-18(19)21(26)17-10-7-13-25(14-17)15-20-23-22(24-28-20)16-8-3-2-4-9-16/h2-6,8-9,11-12,17H,7,10,13-15H2,1H3/t17-/m0/s1. The van der Waals surface area contributed by atoms with Crippen LogP contribution >= 0.6 is 0 Å². The normalized spacial score (nSPS) is 17.4. The average molecular weight is 377 g/mol. The van der Waals surface area contributed by atoms with E-state index in [1.54, 1.807) is 7.11 Å². The molecule has 0 unspecified atom stereocenters. The number of carbonyl (C=O) groups is 1. The van der Waals surface area contributed by atoms with Crippen LogP contribution in [0.4, 0.5) is 0 Å². The van der Waals surface area contributed by atoms with E-state index in [4.69, 9.17) is 9.26 Å². The highest BCUT2D eigenvalue weighted by Crippen LogP contribution is 2.27. The van der Waals surface area contributed by atoms with E-state index >= 15 is 0 Å².